The van der Waals surface area contributed by atoms with Crippen LogP contribution >= 0.6 is 0 Å². The van der Waals surface area contributed by atoms with Crippen molar-refractivity contribution in [2.24, 2.45) is 0 Å². The number of halogens is 1. The average Bonchev–Trinajstić information content (AvgIpc) is 3.33. The Morgan fingerprint density at radius 3 is 2.51 bits per heavy atom. The Labute approximate surface area is 208 Å². The van der Waals surface area contributed by atoms with Crippen LogP contribution in [0.15, 0.2) is 58.0 Å². The lowest BCUT2D eigenvalue weighted by molar-refractivity contribution is 0.567. The highest BCUT2D eigenvalue weighted by atomic mass is 32.2. The maximum atomic E-state index is 14.6. The molecule has 0 saturated carbocycles. The monoisotopic (exact) mass is 501 g/mol. The quantitative estimate of drug-likeness (QED) is 0.374. The molecule has 0 saturated heterocycles. The first-order valence-corrected chi connectivity index (χ1v) is 12.2. The second-order valence-corrected chi connectivity index (χ2v) is 9.86. The zero-order chi connectivity index (χ0) is 24.2. The molecule has 0 radical (unpaired) electrons. The molecular formula is C25H32FN5O3S. The van der Waals surface area contributed by atoms with E-state index in [2.05, 4.69) is 25.5 Å². The lowest BCUT2D eigenvalue weighted by Gasteiger charge is -2.09. The van der Waals surface area contributed by atoms with E-state index >= 15 is 0 Å². The SMILES string of the molecule is CCC(C)S(=O)c1ccc(-c2cnc(C)c(-c3nnc(-c4ccc(CNC)cc4F)o3)n2)cc1.O.[HH].[HH]. The van der Waals surface area contributed by atoms with Crippen LogP contribution in [0, 0.1) is 12.7 Å². The van der Waals surface area contributed by atoms with E-state index in [-0.39, 0.29) is 30.9 Å². The topological polar surface area (TPSA) is 125 Å². The van der Waals surface area contributed by atoms with Gasteiger partial charge in [-0.05, 0) is 50.2 Å². The molecule has 0 amide bonds. The van der Waals surface area contributed by atoms with E-state index in [1.54, 1.807) is 26.2 Å². The molecule has 0 aliphatic heterocycles. The maximum Gasteiger partial charge on any atom is 0.268 e. The number of nitrogens with zero attached hydrogens (tertiary/aromatic N) is 4. The number of hydrogen-bond acceptors (Lipinski definition) is 7. The van der Waals surface area contributed by atoms with Crippen molar-refractivity contribution in [1.82, 2.24) is 25.5 Å². The van der Waals surface area contributed by atoms with Crippen LogP contribution in [0.4, 0.5) is 4.39 Å². The molecule has 3 N–H and O–H groups in total. The van der Waals surface area contributed by atoms with Gasteiger partial charge < -0.3 is 15.2 Å². The smallest absolute Gasteiger partial charge is 0.268 e. The van der Waals surface area contributed by atoms with Gasteiger partial charge in [-0.25, -0.2) is 9.37 Å². The van der Waals surface area contributed by atoms with E-state index in [4.69, 9.17) is 4.42 Å². The molecular weight excluding hydrogens is 469 g/mol. The van der Waals surface area contributed by atoms with Crippen LogP contribution in [-0.4, -0.2) is 42.1 Å². The van der Waals surface area contributed by atoms with E-state index in [0.717, 1.165) is 22.4 Å². The molecule has 0 aliphatic carbocycles. The van der Waals surface area contributed by atoms with Gasteiger partial charge in [-0.3, -0.25) is 9.19 Å². The van der Waals surface area contributed by atoms with Crippen molar-refractivity contribution in [3.8, 4) is 34.3 Å². The van der Waals surface area contributed by atoms with Crippen molar-refractivity contribution in [1.29, 1.82) is 0 Å². The standard InChI is InChI=1S/C25H26FN5O2S.H2O.2H2/c1-5-15(2)34(32)19-9-7-18(8-10-19)22-14-28-16(3)23(29-22)25-31-30-24(33-25)20-11-6-17(13-27-4)12-21(20)26;;;/h6-12,14-15,27H,5,13H2,1-4H3;1H2;2*1H. The minimum atomic E-state index is -1.05. The predicted octanol–water partition coefficient (Wildman–Crippen LogP) is 4.60. The third-order valence-electron chi connectivity index (χ3n) is 5.55. The highest BCUT2D eigenvalue weighted by Gasteiger charge is 2.19. The summed E-state index contributed by atoms with van der Waals surface area (Å²) in [5.74, 6) is -0.198. The number of aryl methyl sites for hydroxylation is 1. The fourth-order valence-corrected chi connectivity index (χ4v) is 4.58. The van der Waals surface area contributed by atoms with Crippen LogP contribution in [0.3, 0.4) is 0 Å². The number of rotatable bonds is 8. The molecule has 35 heavy (non-hydrogen) atoms. The van der Waals surface area contributed by atoms with Gasteiger partial charge in [0.1, 0.15) is 11.5 Å². The van der Waals surface area contributed by atoms with Crippen molar-refractivity contribution in [3.05, 3.63) is 65.7 Å². The third-order valence-corrected chi connectivity index (χ3v) is 7.35. The minimum Gasteiger partial charge on any atom is -0.414 e. The predicted molar refractivity (Wildman–Crippen MR) is 138 cm³/mol. The Hall–Kier alpha value is -3.34. The molecule has 2 atom stereocenters. The van der Waals surface area contributed by atoms with Gasteiger partial charge in [0.05, 0.1) is 33.9 Å². The van der Waals surface area contributed by atoms with Crippen LogP contribution < -0.4 is 5.32 Å². The van der Waals surface area contributed by atoms with Gasteiger partial charge in [0.25, 0.3) is 11.8 Å². The first-order valence-electron chi connectivity index (χ1n) is 11.0. The van der Waals surface area contributed by atoms with Gasteiger partial charge >= 0.3 is 0 Å². The molecule has 8 nitrogen and oxygen atoms in total. The summed E-state index contributed by atoms with van der Waals surface area (Å²) < 4.78 is 32.9. The number of nitrogens with one attached hydrogen (secondary N) is 1. The Morgan fingerprint density at radius 1 is 1.14 bits per heavy atom. The Morgan fingerprint density at radius 2 is 1.86 bits per heavy atom. The van der Waals surface area contributed by atoms with E-state index < -0.39 is 16.6 Å². The lowest BCUT2D eigenvalue weighted by atomic mass is 10.1. The molecule has 10 heteroatoms. The molecule has 0 bridgehead atoms. The Balaban J connectivity index is 0.00000228. The molecule has 2 aromatic heterocycles. The summed E-state index contributed by atoms with van der Waals surface area (Å²) in [6, 6.07) is 12.3. The summed E-state index contributed by atoms with van der Waals surface area (Å²) in [4.78, 5) is 9.88. The van der Waals surface area contributed by atoms with Gasteiger partial charge in [0, 0.05) is 25.1 Å². The van der Waals surface area contributed by atoms with Crippen molar-refractivity contribution >= 4 is 10.8 Å². The highest BCUT2D eigenvalue weighted by molar-refractivity contribution is 7.85. The first-order chi connectivity index (χ1) is 16.4. The minimum absolute atomic E-state index is 0. The molecule has 188 valence electrons. The van der Waals surface area contributed by atoms with Gasteiger partial charge in [0.2, 0.25) is 0 Å². The summed E-state index contributed by atoms with van der Waals surface area (Å²) in [7, 11) is 0.747. The van der Waals surface area contributed by atoms with Gasteiger partial charge in [-0.1, -0.05) is 32.0 Å². The molecule has 4 rings (SSSR count). The third kappa shape index (κ3) is 5.67. The van der Waals surface area contributed by atoms with Crippen molar-refractivity contribution in [3.63, 3.8) is 0 Å². The van der Waals surface area contributed by atoms with Gasteiger partial charge in [-0.2, -0.15) is 0 Å². The molecule has 0 spiro atoms. The molecule has 0 fully saturated rings. The fourth-order valence-electron chi connectivity index (χ4n) is 3.41. The molecule has 2 aromatic carbocycles. The Kier molecular flexibility index (Phi) is 8.55. The van der Waals surface area contributed by atoms with Crippen LogP contribution in [0.25, 0.3) is 34.3 Å². The highest BCUT2D eigenvalue weighted by Crippen LogP contribution is 2.28. The van der Waals surface area contributed by atoms with E-state index in [9.17, 15) is 8.60 Å². The maximum absolute atomic E-state index is 14.6. The van der Waals surface area contributed by atoms with Crippen molar-refractivity contribution in [2.75, 3.05) is 7.05 Å². The zero-order valence-corrected chi connectivity index (χ0v) is 20.8. The van der Waals surface area contributed by atoms with E-state index in [0.29, 0.717) is 23.6 Å². The van der Waals surface area contributed by atoms with Crippen LogP contribution in [0.1, 0.15) is 34.4 Å². The first kappa shape index (κ1) is 26.3. The van der Waals surface area contributed by atoms with Crippen LogP contribution in [0.2, 0.25) is 0 Å². The zero-order valence-electron chi connectivity index (χ0n) is 20.0. The Bertz CT molecular complexity index is 1340. The van der Waals surface area contributed by atoms with E-state index in [1.165, 1.54) is 6.07 Å². The normalized spacial score (nSPS) is 12.7. The summed E-state index contributed by atoms with van der Waals surface area (Å²) in [6.45, 7) is 6.35. The largest absolute Gasteiger partial charge is 0.414 e. The summed E-state index contributed by atoms with van der Waals surface area (Å²) in [5, 5.41) is 11.2. The summed E-state index contributed by atoms with van der Waals surface area (Å²) in [6.07, 6.45) is 2.51. The van der Waals surface area contributed by atoms with Crippen LogP contribution in [-0.2, 0) is 17.3 Å². The molecule has 2 heterocycles. The number of benzene rings is 2. The molecule has 2 unspecified atom stereocenters. The second-order valence-electron chi connectivity index (χ2n) is 7.99. The second kappa shape index (κ2) is 11.4. The molecule has 0 aliphatic rings. The van der Waals surface area contributed by atoms with E-state index in [1.807, 2.05) is 44.2 Å². The molecule has 4 aromatic rings. The van der Waals surface area contributed by atoms with Crippen molar-refractivity contribution in [2.45, 2.75) is 43.9 Å². The average molecular weight is 502 g/mol. The lowest BCUT2D eigenvalue weighted by Crippen LogP contribution is -2.09. The number of aromatic nitrogens is 4. The van der Waals surface area contributed by atoms with Crippen molar-refractivity contribution < 1.29 is 21.3 Å². The summed E-state index contributed by atoms with van der Waals surface area (Å²) in [5.41, 5.74) is 3.52. The van der Waals surface area contributed by atoms with Gasteiger partial charge in [-0.15, -0.1) is 10.2 Å². The van der Waals surface area contributed by atoms with Gasteiger partial charge in [0.15, 0.2) is 0 Å². The van der Waals surface area contributed by atoms with Crippen LogP contribution in [0.5, 0.6) is 0 Å². The summed E-state index contributed by atoms with van der Waals surface area (Å²) >= 11 is 0. The fraction of sp³-hybridized carbons (Fsp3) is 0.280. The number of hydrogen-bond donors (Lipinski definition) is 1.